The quantitative estimate of drug-likeness (QED) is 0.107. The number of nitrogens with one attached hydrogen (secondary N) is 1. The SMILES string of the molecule is Nc1c(S(=O)(=O)O)cc2cc(S(=O)(=O)O)cc(O)c2c1/N=N/c1ccc(NCF)cc1S(=O)(=O)O. The number of nitrogens with zero attached hydrogens (tertiary/aromatic N) is 2. The fraction of sp³-hybridized carbons (Fsp3) is 0.0588. The Morgan fingerprint density at radius 1 is 0.857 bits per heavy atom. The van der Waals surface area contributed by atoms with Gasteiger partial charge in [-0.15, -0.1) is 10.2 Å². The number of aromatic hydroxyl groups is 1. The van der Waals surface area contributed by atoms with E-state index < -0.39 is 74.7 Å². The smallest absolute Gasteiger partial charge is 0.296 e. The van der Waals surface area contributed by atoms with Crippen molar-refractivity contribution in [2.75, 3.05) is 17.8 Å². The van der Waals surface area contributed by atoms with E-state index in [0.717, 1.165) is 18.2 Å². The van der Waals surface area contributed by atoms with Crippen molar-refractivity contribution >= 4 is 63.9 Å². The fourth-order valence-corrected chi connectivity index (χ4v) is 4.86. The molecule has 7 N–H and O–H groups in total. The second kappa shape index (κ2) is 8.98. The highest BCUT2D eigenvalue weighted by atomic mass is 32.2. The number of hydrogen-bond donors (Lipinski definition) is 6. The lowest BCUT2D eigenvalue weighted by molar-refractivity contribution is 0.471. The van der Waals surface area contributed by atoms with Crippen molar-refractivity contribution in [1.29, 1.82) is 0 Å². The topological polar surface area (TPSA) is 246 Å². The number of azo groups is 1. The van der Waals surface area contributed by atoms with E-state index >= 15 is 0 Å². The predicted octanol–water partition coefficient (Wildman–Crippen LogP) is 2.62. The van der Waals surface area contributed by atoms with Crippen molar-refractivity contribution < 1.29 is 48.4 Å². The van der Waals surface area contributed by atoms with Crippen molar-refractivity contribution in [2.24, 2.45) is 10.2 Å². The van der Waals surface area contributed by atoms with Crippen molar-refractivity contribution in [2.45, 2.75) is 14.7 Å². The van der Waals surface area contributed by atoms with Gasteiger partial charge in [0.2, 0.25) is 0 Å². The van der Waals surface area contributed by atoms with Crippen LogP contribution in [-0.2, 0) is 30.4 Å². The van der Waals surface area contributed by atoms with Gasteiger partial charge < -0.3 is 16.2 Å². The molecule has 14 nitrogen and oxygen atoms in total. The second-order valence-electron chi connectivity index (χ2n) is 6.80. The number of halogens is 1. The zero-order chi connectivity index (χ0) is 26.3. The number of nitrogens with two attached hydrogens (primary N) is 1. The first-order chi connectivity index (χ1) is 16.0. The largest absolute Gasteiger partial charge is 0.507 e. The molecule has 0 spiro atoms. The van der Waals surface area contributed by atoms with Crippen molar-refractivity contribution in [3.63, 3.8) is 0 Å². The summed E-state index contributed by atoms with van der Waals surface area (Å²) in [7, 11) is -14.8. The van der Waals surface area contributed by atoms with Crippen LogP contribution in [-0.4, -0.2) is 50.8 Å². The molecular weight excluding hydrogens is 535 g/mol. The molecule has 0 amide bonds. The van der Waals surface area contributed by atoms with Gasteiger partial charge in [-0.05, 0) is 35.7 Å². The molecule has 0 saturated heterocycles. The van der Waals surface area contributed by atoms with E-state index in [2.05, 4.69) is 15.5 Å². The summed E-state index contributed by atoms with van der Waals surface area (Å²) in [4.78, 5) is -2.63. The van der Waals surface area contributed by atoms with Crippen LogP contribution in [0, 0.1) is 0 Å². The monoisotopic (exact) mass is 550 g/mol. The Labute approximate surface area is 197 Å². The lowest BCUT2D eigenvalue weighted by atomic mass is 10.1. The Morgan fingerprint density at radius 3 is 2.03 bits per heavy atom. The van der Waals surface area contributed by atoms with Crippen LogP contribution >= 0.6 is 0 Å². The number of phenols is 1. The van der Waals surface area contributed by atoms with Crippen molar-refractivity contribution in [1.82, 2.24) is 0 Å². The third-order valence-electron chi connectivity index (χ3n) is 4.51. The molecule has 0 aliphatic carbocycles. The molecule has 0 atom stereocenters. The third-order valence-corrected chi connectivity index (χ3v) is 7.12. The van der Waals surface area contributed by atoms with E-state index in [1.807, 2.05) is 0 Å². The molecule has 3 aromatic rings. The van der Waals surface area contributed by atoms with Crippen LogP contribution in [0.25, 0.3) is 10.8 Å². The number of benzene rings is 3. The number of alkyl halides is 1. The summed E-state index contributed by atoms with van der Waals surface area (Å²) in [5.74, 6) is -0.852. The number of phenolic OH excluding ortho intramolecular Hbond substituents is 1. The van der Waals surface area contributed by atoms with Crippen LogP contribution in [0.3, 0.4) is 0 Å². The van der Waals surface area contributed by atoms with Crippen LogP contribution in [0.15, 0.2) is 61.3 Å². The van der Waals surface area contributed by atoms with Crippen molar-refractivity contribution in [3.8, 4) is 5.75 Å². The van der Waals surface area contributed by atoms with Gasteiger partial charge in [-0.3, -0.25) is 13.7 Å². The second-order valence-corrected chi connectivity index (χ2v) is 11.0. The van der Waals surface area contributed by atoms with Gasteiger partial charge in [-0.1, -0.05) is 0 Å². The van der Waals surface area contributed by atoms with Crippen LogP contribution in [0.4, 0.5) is 27.1 Å². The van der Waals surface area contributed by atoms with E-state index in [0.29, 0.717) is 12.1 Å². The molecule has 0 unspecified atom stereocenters. The van der Waals surface area contributed by atoms with Gasteiger partial charge in [0.25, 0.3) is 30.4 Å². The lowest BCUT2D eigenvalue weighted by Crippen LogP contribution is -2.04. The number of fused-ring (bicyclic) bond motifs is 1. The Hall–Kier alpha value is -3.42. The molecule has 0 aliphatic heterocycles. The third kappa shape index (κ3) is 5.47. The highest BCUT2D eigenvalue weighted by Gasteiger charge is 2.24. The number of anilines is 2. The Bertz CT molecular complexity index is 1710. The van der Waals surface area contributed by atoms with Crippen LogP contribution in [0.2, 0.25) is 0 Å². The summed E-state index contributed by atoms with van der Waals surface area (Å²) >= 11 is 0. The maximum absolute atomic E-state index is 12.5. The molecule has 35 heavy (non-hydrogen) atoms. The summed E-state index contributed by atoms with van der Waals surface area (Å²) in [6, 6.07) is 5.06. The summed E-state index contributed by atoms with van der Waals surface area (Å²) in [6.45, 7) is -1.07. The van der Waals surface area contributed by atoms with Crippen LogP contribution in [0.5, 0.6) is 5.75 Å². The Morgan fingerprint density at radius 2 is 1.49 bits per heavy atom. The van der Waals surface area contributed by atoms with Gasteiger partial charge in [0.15, 0.2) is 6.80 Å². The van der Waals surface area contributed by atoms with E-state index in [-0.39, 0.29) is 16.5 Å². The van der Waals surface area contributed by atoms with Gasteiger partial charge in [0, 0.05) is 11.8 Å². The van der Waals surface area contributed by atoms with Gasteiger partial charge in [0.1, 0.15) is 26.9 Å². The molecule has 0 aromatic heterocycles. The first-order valence-electron chi connectivity index (χ1n) is 8.91. The summed E-state index contributed by atoms with van der Waals surface area (Å²) in [5, 5.41) is 19.1. The molecule has 3 rings (SSSR count). The predicted molar refractivity (Wildman–Crippen MR) is 120 cm³/mol. The summed E-state index contributed by atoms with van der Waals surface area (Å²) in [6.07, 6.45) is 0. The van der Waals surface area contributed by atoms with Gasteiger partial charge in [0.05, 0.1) is 16.0 Å². The molecule has 0 bridgehead atoms. The molecule has 188 valence electrons. The van der Waals surface area contributed by atoms with Gasteiger partial charge >= 0.3 is 0 Å². The molecule has 0 aliphatic rings. The molecule has 0 saturated carbocycles. The van der Waals surface area contributed by atoms with E-state index in [1.54, 1.807) is 0 Å². The minimum absolute atomic E-state index is 0.0483. The zero-order valence-electron chi connectivity index (χ0n) is 17.0. The van der Waals surface area contributed by atoms with Crippen LogP contribution < -0.4 is 11.1 Å². The highest BCUT2D eigenvalue weighted by molar-refractivity contribution is 7.86. The lowest BCUT2D eigenvalue weighted by Gasteiger charge is -2.12. The maximum Gasteiger partial charge on any atom is 0.296 e. The molecule has 0 radical (unpaired) electrons. The number of rotatable bonds is 7. The standard InChI is InChI=1S/C17H15FN4O10S3/c18-7-20-9-1-2-11(13(5-9)34(27,28)29)21-22-17-15-8(4-14(16(17)19)35(30,31)32)3-10(6-12(15)23)33(24,25)26/h1-6,20,23H,7,19H2,(H,24,25,26)(H,27,28,29)(H,30,31,32)/b22-21+. The normalized spacial score (nSPS) is 12.9. The number of nitrogen functional groups attached to an aromatic ring is 1. The average Bonchev–Trinajstić information content (AvgIpc) is 2.71. The van der Waals surface area contributed by atoms with Crippen molar-refractivity contribution in [3.05, 3.63) is 36.4 Å². The Balaban J connectivity index is 2.37. The molecular formula is C17H15FN4O10S3. The molecule has 0 fully saturated rings. The molecule has 3 aromatic carbocycles. The summed E-state index contributed by atoms with van der Waals surface area (Å²) < 4.78 is 111. The minimum atomic E-state index is -5.03. The highest BCUT2D eigenvalue weighted by Crippen LogP contribution is 2.44. The van der Waals surface area contributed by atoms with E-state index in [9.17, 15) is 48.4 Å². The van der Waals surface area contributed by atoms with Gasteiger partial charge in [-0.25, -0.2) is 4.39 Å². The first kappa shape index (κ1) is 26.2. The zero-order valence-corrected chi connectivity index (χ0v) is 19.4. The molecule has 18 heteroatoms. The van der Waals surface area contributed by atoms with Gasteiger partial charge in [-0.2, -0.15) is 25.3 Å². The minimum Gasteiger partial charge on any atom is -0.507 e. The number of hydrogen-bond acceptors (Lipinski definition) is 11. The fourth-order valence-electron chi connectivity index (χ4n) is 3.02. The summed E-state index contributed by atoms with van der Waals surface area (Å²) in [5.41, 5.74) is 3.82. The molecule has 0 heterocycles. The van der Waals surface area contributed by atoms with Crippen LogP contribution in [0.1, 0.15) is 0 Å². The maximum atomic E-state index is 12.5. The Kier molecular flexibility index (Phi) is 6.72. The van der Waals surface area contributed by atoms with E-state index in [1.165, 1.54) is 6.07 Å². The first-order valence-corrected chi connectivity index (χ1v) is 13.2. The van der Waals surface area contributed by atoms with E-state index in [4.69, 9.17) is 5.73 Å². The average molecular weight is 551 g/mol.